The first-order valence-corrected chi connectivity index (χ1v) is 7.16. The van der Waals surface area contributed by atoms with E-state index in [1.54, 1.807) is 0 Å². The molecule has 1 atom stereocenters. The largest absolute Gasteiger partial charge is 0.393 e. The molecule has 1 aliphatic rings. The number of nitrogens with zero attached hydrogens (tertiary/aromatic N) is 3. The van der Waals surface area contributed by atoms with Crippen LogP contribution in [0.5, 0.6) is 0 Å². The fourth-order valence-electron chi connectivity index (χ4n) is 2.61. The van der Waals surface area contributed by atoms with Crippen LogP contribution in [0.2, 0.25) is 0 Å². The summed E-state index contributed by atoms with van der Waals surface area (Å²) in [6.07, 6.45) is 3.68. The average molecular weight is 264 g/mol. The third kappa shape index (κ3) is 3.56. The van der Waals surface area contributed by atoms with Gasteiger partial charge in [0.2, 0.25) is 0 Å². The zero-order chi connectivity index (χ0) is 13.8. The van der Waals surface area contributed by atoms with Crippen LogP contribution < -0.4 is 10.6 Å². The van der Waals surface area contributed by atoms with Gasteiger partial charge < -0.3 is 15.7 Å². The summed E-state index contributed by atoms with van der Waals surface area (Å²) in [6, 6.07) is 1.85. The highest BCUT2D eigenvalue weighted by molar-refractivity contribution is 5.47. The van der Waals surface area contributed by atoms with E-state index in [0.29, 0.717) is 11.7 Å². The fraction of sp³-hybridized carbons (Fsp3) is 0.714. The summed E-state index contributed by atoms with van der Waals surface area (Å²) < 4.78 is 0. The normalized spacial score (nSPS) is 18.6. The molecule has 106 valence electrons. The molecule has 3 N–H and O–H groups in total. The first-order chi connectivity index (χ1) is 9.10. The minimum Gasteiger partial charge on any atom is -0.393 e. The summed E-state index contributed by atoms with van der Waals surface area (Å²) in [7, 11) is 0. The van der Waals surface area contributed by atoms with Crippen LogP contribution in [-0.2, 0) is 6.42 Å². The van der Waals surface area contributed by atoms with Crippen molar-refractivity contribution in [2.75, 3.05) is 23.7 Å². The zero-order valence-electron chi connectivity index (χ0n) is 11.8. The third-order valence-electron chi connectivity index (χ3n) is 3.80. The Morgan fingerprint density at radius 1 is 1.42 bits per heavy atom. The number of piperidine rings is 1. The maximum absolute atomic E-state index is 9.63. The van der Waals surface area contributed by atoms with E-state index in [1.807, 2.05) is 13.0 Å². The Hall–Kier alpha value is -1.36. The van der Waals surface area contributed by atoms with E-state index in [-0.39, 0.29) is 6.10 Å². The van der Waals surface area contributed by atoms with Gasteiger partial charge in [0.05, 0.1) is 6.10 Å². The first-order valence-electron chi connectivity index (χ1n) is 7.16. The standard InChI is InChI=1S/C14H24N4O/c1-3-4-13-16-12(15)9-14(17-13)18-7-5-11(6-8-18)10(2)19/h9-11,19H,3-8H2,1-2H3,(H2,15,16,17). The molecule has 1 aromatic rings. The van der Waals surface area contributed by atoms with Crippen molar-refractivity contribution in [3.63, 3.8) is 0 Å². The molecule has 1 saturated heterocycles. The highest BCUT2D eigenvalue weighted by Gasteiger charge is 2.23. The van der Waals surface area contributed by atoms with Crippen LogP contribution >= 0.6 is 0 Å². The van der Waals surface area contributed by atoms with Gasteiger partial charge >= 0.3 is 0 Å². The van der Waals surface area contributed by atoms with Gasteiger partial charge in [0.1, 0.15) is 17.5 Å². The summed E-state index contributed by atoms with van der Waals surface area (Å²) in [5.74, 6) is 2.71. The Morgan fingerprint density at radius 3 is 2.68 bits per heavy atom. The van der Waals surface area contributed by atoms with Gasteiger partial charge in [-0.3, -0.25) is 0 Å². The van der Waals surface area contributed by atoms with Crippen molar-refractivity contribution in [2.24, 2.45) is 5.92 Å². The van der Waals surface area contributed by atoms with Gasteiger partial charge in [0, 0.05) is 25.6 Å². The van der Waals surface area contributed by atoms with E-state index in [4.69, 9.17) is 5.73 Å². The molecule has 2 rings (SSSR count). The van der Waals surface area contributed by atoms with E-state index in [1.165, 1.54) is 0 Å². The molecular weight excluding hydrogens is 240 g/mol. The van der Waals surface area contributed by atoms with Crippen LogP contribution in [0.25, 0.3) is 0 Å². The molecule has 0 radical (unpaired) electrons. The van der Waals surface area contributed by atoms with Crippen LogP contribution in [0.1, 0.15) is 38.9 Å². The Labute approximate surface area is 114 Å². The minimum atomic E-state index is -0.215. The fourth-order valence-corrected chi connectivity index (χ4v) is 2.61. The maximum Gasteiger partial charge on any atom is 0.134 e. The van der Waals surface area contributed by atoms with Gasteiger partial charge in [-0.05, 0) is 32.1 Å². The molecule has 1 fully saturated rings. The Kier molecular flexibility index (Phi) is 4.58. The molecule has 1 aromatic heterocycles. The lowest BCUT2D eigenvalue weighted by atomic mass is 9.92. The molecule has 0 aliphatic carbocycles. The zero-order valence-corrected chi connectivity index (χ0v) is 11.8. The number of hydrogen-bond donors (Lipinski definition) is 2. The molecule has 5 nitrogen and oxygen atoms in total. The number of hydrogen-bond acceptors (Lipinski definition) is 5. The van der Waals surface area contributed by atoms with Gasteiger partial charge in [-0.2, -0.15) is 0 Å². The number of rotatable bonds is 4. The van der Waals surface area contributed by atoms with E-state index in [9.17, 15) is 5.11 Å². The first kappa shape index (κ1) is 14.1. The van der Waals surface area contributed by atoms with Crippen molar-refractivity contribution in [3.8, 4) is 0 Å². The van der Waals surface area contributed by atoms with E-state index < -0.39 is 0 Å². The predicted octanol–water partition coefficient (Wildman–Crippen LogP) is 1.61. The Morgan fingerprint density at radius 2 is 2.11 bits per heavy atom. The lowest BCUT2D eigenvalue weighted by molar-refractivity contribution is 0.110. The van der Waals surface area contributed by atoms with E-state index in [0.717, 1.165) is 50.4 Å². The minimum absolute atomic E-state index is 0.215. The van der Waals surface area contributed by atoms with Crippen LogP contribution in [0.3, 0.4) is 0 Å². The van der Waals surface area contributed by atoms with Gasteiger partial charge in [-0.25, -0.2) is 9.97 Å². The van der Waals surface area contributed by atoms with Crippen LogP contribution in [0.4, 0.5) is 11.6 Å². The van der Waals surface area contributed by atoms with Crippen molar-refractivity contribution in [1.82, 2.24) is 9.97 Å². The van der Waals surface area contributed by atoms with Gasteiger partial charge in [0.15, 0.2) is 0 Å². The summed E-state index contributed by atoms with van der Waals surface area (Å²) >= 11 is 0. The summed E-state index contributed by atoms with van der Waals surface area (Å²) in [5, 5.41) is 9.63. The molecule has 19 heavy (non-hydrogen) atoms. The number of anilines is 2. The highest BCUT2D eigenvalue weighted by Crippen LogP contribution is 2.25. The van der Waals surface area contributed by atoms with Gasteiger partial charge in [0.25, 0.3) is 0 Å². The van der Waals surface area contributed by atoms with Crippen LogP contribution in [-0.4, -0.2) is 34.3 Å². The smallest absolute Gasteiger partial charge is 0.134 e. The van der Waals surface area contributed by atoms with Crippen molar-refractivity contribution >= 4 is 11.6 Å². The maximum atomic E-state index is 9.63. The number of aromatic nitrogens is 2. The topological polar surface area (TPSA) is 75.3 Å². The number of nitrogens with two attached hydrogens (primary N) is 1. The number of nitrogen functional groups attached to an aromatic ring is 1. The Balaban J connectivity index is 2.06. The SMILES string of the molecule is CCCc1nc(N)cc(N2CCC(C(C)O)CC2)n1. The molecule has 1 aliphatic heterocycles. The number of aliphatic hydroxyl groups is 1. The molecule has 1 unspecified atom stereocenters. The molecule has 0 amide bonds. The second-order valence-electron chi connectivity index (χ2n) is 5.38. The second-order valence-corrected chi connectivity index (χ2v) is 5.38. The number of aliphatic hydroxyl groups excluding tert-OH is 1. The van der Waals surface area contributed by atoms with Crippen LogP contribution in [0.15, 0.2) is 6.07 Å². The lowest BCUT2D eigenvalue weighted by Gasteiger charge is -2.34. The summed E-state index contributed by atoms with van der Waals surface area (Å²) in [5.41, 5.74) is 5.85. The van der Waals surface area contributed by atoms with E-state index >= 15 is 0 Å². The quantitative estimate of drug-likeness (QED) is 0.864. The number of aryl methyl sites for hydroxylation is 1. The summed E-state index contributed by atoms with van der Waals surface area (Å²) in [4.78, 5) is 11.1. The molecule has 2 heterocycles. The third-order valence-corrected chi connectivity index (χ3v) is 3.80. The highest BCUT2D eigenvalue weighted by atomic mass is 16.3. The van der Waals surface area contributed by atoms with Crippen molar-refractivity contribution < 1.29 is 5.11 Å². The monoisotopic (exact) mass is 264 g/mol. The van der Waals surface area contributed by atoms with Crippen molar-refractivity contribution in [1.29, 1.82) is 0 Å². The molecular formula is C14H24N4O. The predicted molar refractivity (Wildman–Crippen MR) is 77.1 cm³/mol. The summed E-state index contributed by atoms with van der Waals surface area (Å²) in [6.45, 7) is 5.85. The van der Waals surface area contributed by atoms with Crippen LogP contribution in [0, 0.1) is 5.92 Å². The molecule has 5 heteroatoms. The molecule has 0 saturated carbocycles. The molecule has 0 bridgehead atoms. The van der Waals surface area contributed by atoms with Crippen molar-refractivity contribution in [3.05, 3.63) is 11.9 Å². The molecule has 0 spiro atoms. The average Bonchev–Trinajstić information content (AvgIpc) is 2.38. The van der Waals surface area contributed by atoms with Gasteiger partial charge in [-0.15, -0.1) is 0 Å². The van der Waals surface area contributed by atoms with Gasteiger partial charge in [-0.1, -0.05) is 6.92 Å². The lowest BCUT2D eigenvalue weighted by Crippen LogP contribution is -2.37. The van der Waals surface area contributed by atoms with Crippen molar-refractivity contribution in [2.45, 2.75) is 45.6 Å². The molecule has 0 aromatic carbocycles. The van der Waals surface area contributed by atoms with E-state index in [2.05, 4.69) is 21.8 Å². The Bertz CT molecular complexity index is 414. The second kappa shape index (κ2) is 6.19.